The zero-order valence-electron chi connectivity index (χ0n) is 10.0. The molecule has 0 amide bonds. The molecule has 18 heavy (non-hydrogen) atoms. The van der Waals surface area contributed by atoms with Gasteiger partial charge in [-0.05, 0) is 17.5 Å². The van der Waals surface area contributed by atoms with Gasteiger partial charge in [-0.3, -0.25) is 4.74 Å². The van der Waals surface area contributed by atoms with Gasteiger partial charge in [0.15, 0.2) is 0 Å². The molecule has 0 atom stereocenters. The molecule has 0 saturated carbocycles. The minimum absolute atomic E-state index is 0.319. The number of nitrogens with zero attached hydrogens (tertiary/aromatic N) is 2. The van der Waals surface area contributed by atoms with Crippen LogP contribution in [0.1, 0.15) is 30.9 Å². The van der Waals surface area contributed by atoms with Crippen LogP contribution in [0.4, 0.5) is 13.2 Å². The lowest BCUT2D eigenvalue weighted by atomic mass is 10.1. The van der Waals surface area contributed by atoms with E-state index in [1.807, 2.05) is 13.8 Å². The number of pyridine rings is 1. The molecule has 0 spiro atoms. The molecular weight excluding hydrogens is 245 g/mol. The molecule has 0 bridgehead atoms. The Balaban J connectivity index is 2.24. The van der Waals surface area contributed by atoms with Crippen LogP contribution in [-0.4, -0.2) is 16.0 Å². The van der Waals surface area contributed by atoms with Crippen LogP contribution in [0.5, 0.6) is 0 Å². The molecule has 0 aliphatic rings. The fraction of sp³-hybridized carbons (Fsp3) is 0.417. The summed E-state index contributed by atoms with van der Waals surface area (Å²) in [6.07, 6.45) is -1.33. The van der Waals surface area contributed by atoms with Crippen LogP contribution in [0.3, 0.4) is 0 Å². The molecular formula is C12H13F3N2O. The van der Waals surface area contributed by atoms with Crippen LogP contribution in [0.2, 0.25) is 0 Å². The van der Waals surface area contributed by atoms with Crippen molar-refractivity contribution in [2.75, 3.05) is 0 Å². The number of aromatic nitrogens is 2. The average Bonchev–Trinajstić information content (AvgIpc) is 2.68. The number of alkyl halides is 3. The summed E-state index contributed by atoms with van der Waals surface area (Å²) < 4.78 is 41.1. The summed E-state index contributed by atoms with van der Waals surface area (Å²) in [4.78, 5) is 0. The third-order valence-corrected chi connectivity index (χ3v) is 2.63. The Morgan fingerprint density at radius 3 is 2.67 bits per heavy atom. The van der Waals surface area contributed by atoms with Gasteiger partial charge in [0, 0.05) is 11.8 Å². The summed E-state index contributed by atoms with van der Waals surface area (Å²) in [6, 6.07) is 3.38. The fourth-order valence-electron chi connectivity index (χ4n) is 1.74. The Morgan fingerprint density at radius 1 is 1.33 bits per heavy atom. The smallest absolute Gasteiger partial charge is 0.287 e. The number of fused-ring (bicyclic) bond motifs is 1. The highest BCUT2D eigenvalue weighted by molar-refractivity contribution is 5.55. The molecule has 6 heteroatoms. The zero-order chi connectivity index (χ0) is 13.3. The number of hydrogen-bond donors (Lipinski definition) is 0. The first-order chi connectivity index (χ1) is 8.37. The van der Waals surface area contributed by atoms with E-state index in [0.29, 0.717) is 11.5 Å². The summed E-state index contributed by atoms with van der Waals surface area (Å²) in [6.45, 7) is 3.58. The van der Waals surface area contributed by atoms with Gasteiger partial charge in [-0.1, -0.05) is 19.9 Å². The van der Waals surface area contributed by atoms with Gasteiger partial charge in [0.2, 0.25) is 0 Å². The Morgan fingerprint density at radius 2 is 2.06 bits per heavy atom. The molecule has 98 valence electrons. The lowest BCUT2D eigenvalue weighted by Gasteiger charge is -2.08. The highest BCUT2D eigenvalue weighted by atomic mass is 19.4. The van der Waals surface area contributed by atoms with Gasteiger partial charge in [-0.15, -0.1) is 13.2 Å². The molecule has 2 aromatic heterocycles. The topological polar surface area (TPSA) is 26.5 Å². The van der Waals surface area contributed by atoms with Gasteiger partial charge in [-0.2, -0.15) is 5.10 Å². The molecule has 0 radical (unpaired) electrons. The SMILES string of the molecule is CC(C)c1cnn2cc(COC(F)(F)F)ccc12. The van der Waals surface area contributed by atoms with Crippen LogP contribution >= 0.6 is 0 Å². The van der Waals surface area contributed by atoms with Crippen molar-refractivity contribution in [2.24, 2.45) is 0 Å². The molecule has 0 fully saturated rings. The monoisotopic (exact) mass is 258 g/mol. The Hall–Kier alpha value is -1.56. The second-order valence-corrected chi connectivity index (χ2v) is 4.36. The number of ether oxygens (including phenoxy) is 1. The lowest BCUT2D eigenvalue weighted by molar-refractivity contribution is -0.330. The quantitative estimate of drug-likeness (QED) is 0.842. The molecule has 0 saturated heterocycles. The average molecular weight is 258 g/mol. The predicted octanol–water partition coefficient (Wildman–Crippen LogP) is 3.49. The lowest BCUT2D eigenvalue weighted by Crippen LogP contribution is -2.13. The van der Waals surface area contributed by atoms with Crippen LogP contribution in [0.15, 0.2) is 24.5 Å². The standard InChI is InChI=1S/C12H13F3N2O/c1-8(2)10-5-16-17-6-9(3-4-11(10)17)7-18-12(13,14)15/h3-6,8H,7H2,1-2H3. The van der Waals surface area contributed by atoms with Crippen molar-refractivity contribution in [3.8, 4) is 0 Å². The summed E-state index contributed by atoms with van der Waals surface area (Å²) >= 11 is 0. The second kappa shape index (κ2) is 4.61. The highest BCUT2D eigenvalue weighted by Crippen LogP contribution is 2.22. The highest BCUT2D eigenvalue weighted by Gasteiger charge is 2.28. The molecule has 0 N–H and O–H groups in total. The normalized spacial score (nSPS) is 12.6. The van der Waals surface area contributed by atoms with Crippen molar-refractivity contribution in [1.29, 1.82) is 0 Å². The van der Waals surface area contributed by atoms with E-state index < -0.39 is 13.0 Å². The van der Waals surface area contributed by atoms with Crippen LogP contribution in [0.25, 0.3) is 5.52 Å². The molecule has 0 aromatic carbocycles. The largest absolute Gasteiger partial charge is 0.522 e. The van der Waals surface area contributed by atoms with Crippen molar-refractivity contribution >= 4 is 5.52 Å². The second-order valence-electron chi connectivity index (χ2n) is 4.36. The van der Waals surface area contributed by atoms with E-state index in [2.05, 4.69) is 9.84 Å². The first kappa shape index (κ1) is 12.9. The first-order valence-electron chi connectivity index (χ1n) is 5.53. The maximum Gasteiger partial charge on any atom is 0.522 e. The van der Waals surface area contributed by atoms with E-state index in [4.69, 9.17) is 0 Å². The van der Waals surface area contributed by atoms with E-state index >= 15 is 0 Å². The van der Waals surface area contributed by atoms with Crippen LogP contribution < -0.4 is 0 Å². The van der Waals surface area contributed by atoms with Gasteiger partial charge >= 0.3 is 6.36 Å². The van der Waals surface area contributed by atoms with Crippen LogP contribution in [0, 0.1) is 0 Å². The van der Waals surface area contributed by atoms with Gasteiger partial charge < -0.3 is 0 Å². The minimum atomic E-state index is -4.61. The summed E-state index contributed by atoms with van der Waals surface area (Å²) in [5.41, 5.74) is 2.40. The predicted molar refractivity (Wildman–Crippen MR) is 60.1 cm³/mol. The molecule has 0 unspecified atom stereocenters. The van der Waals surface area contributed by atoms with E-state index in [9.17, 15) is 13.2 Å². The molecule has 0 aliphatic carbocycles. The Labute approximate surface area is 102 Å². The van der Waals surface area contributed by atoms with Crippen molar-refractivity contribution in [2.45, 2.75) is 32.7 Å². The van der Waals surface area contributed by atoms with Gasteiger partial charge in [0.1, 0.15) is 0 Å². The zero-order valence-corrected chi connectivity index (χ0v) is 10.0. The molecule has 2 aromatic rings. The van der Waals surface area contributed by atoms with E-state index in [0.717, 1.165) is 11.1 Å². The number of halogens is 3. The van der Waals surface area contributed by atoms with Crippen molar-refractivity contribution < 1.29 is 17.9 Å². The molecule has 2 rings (SSSR count). The fourth-order valence-corrected chi connectivity index (χ4v) is 1.74. The first-order valence-corrected chi connectivity index (χ1v) is 5.53. The maximum absolute atomic E-state index is 11.9. The van der Waals surface area contributed by atoms with E-state index in [1.165, 1.54) is 0 Å². The molecule has 2 heterocycles. The number of hydrogen-bond acceptors (Lipinski definition) is 2. The maximum atomic E-state index is 11.9. The van der Waals surface area contributed by atoms with Crippen LogP contribution in [-0.2, 0) is 11.3 Å². The summed E-state index contributed by atoms with van der Waals surface area (Å²) in [5.74, 6) is 0.319. The van der Waals surface area contributed by atoms with E-state index in [1.54, 1.807) is 29.0 Å². The third kappa shape index (κ3) is 2.81. The van der Waals surface area contributed by atoms with E-state index in [-0.39, 0.29) is 0 Å². The Kier molecular flexibility index (Phi) is 3.30. The molecule has 0 aliphatic heterocycles. The summed E-state index contributed by atoms with van der Waals surface area (Å²) in [7, 11) is 0. The third-order valence-electron chi connectivity index (χ3n) is 2.63. The van der Waals surface area contributed by atoms with Crippen molar-refractivity contribution in [1.82, 2.24) is 9.61 Å². The molecule has 3 nitrogen and oxygen atoms in total. The van der Waals surface area contributed by atoms with Crippen molar-refractivity contribution in [3.63, 3.8) is 0 Å². The summed E-state index contributed by atoms with van der Waals surface area (Å²) in [5, 5.41) is 4.12. The minimum Gasteiger partial charge on any atom is -0.287 e. The van der Waals surface area contributed by atoms with Crippen molar-refractivity contribution in [3.05, 3.63) is 35.7 Å². The van der Waals surface area contributed by atoms with Gasteiger partial charge in [0.25, 0.3) is 0 Å². The van der Waals surface area contributed by atoms with Gasteiger partial charge in [-0.25, -0.2) is 4.52 Å². The van der Waals surface area contributed by atoms with Gasteiger partial charge in [0.05, 0.1) is 18.3 Å². The Bertz CT molecular complexity index is 546. The number of rotatable bonds is 3.